The third-order valence-electron chi connectivity index (χ3n) is 2.93. The van der Waals surface area contributed by atoms with Gasteiger partial charge in [0.1, 0.15) is 0 Å². The Balaban J connectivity index is 3.12. The van der Waals surface area contributed by atoms with Crippen LogP contribution in [0.5, 0.6) is 0 Å². The van der Waals surface area contributed by atoms with Crippen molar-refractivity contribution in [2.75, 3.05) is 0 Å². The highest BCUT2D eigenvalue weighted by Crippen LogP contribution is 2.51. The van der Waals surface area contributed by atoms with Gasteiger partial charge in [-0.15, -0.1) is 0 Å². The Hall–Kier alpha value is -1.20. The molecular weight excluding hydrogens is 258 g/mol. The van der Waals surface area contributed by atoms with Crippen LogP contribution in [0.25, 0.3) is 0 Å². The van der Waals surface area contributed by atoms with Gasteiger partial charge in [0.05, 0.1) is 0 Å². The quantitative estimate of drug-likeness (QED) is 0.685. The molecule has 0 saturated carbocycles. The average Bonchev–Trinajstić information content (AvgIpc) is 2.18. The van der Waals surface area contributed by atoms with E-state index in [1.165, 1.54) is 24.3 Å². The lowest BCUT2D eigenvalue weighted by Gasteiger charge is -2.34. The van der Waals surface area contributed by atoms with Gasteiger partial charge in [0.2, 0.25) is 0 Å². The Morgan fingerprint density at radius 1 is 0.833 bits per heavy atom. The zero-order valence-electron chi connectivity index (χ0n) is 9.78. The first-order valence-electron chi connectivity index (χ1n) is 5.16. The van der Waals surface area contributed by atoms with Crippen molar-refractivity contribution in [3.63, 3.8) is 0 Å². The molecule has 1 aromatic rings. The summed E-state index contributed by atoms with van der Waals surface area (Å²) in [6.07, 6.45) is -11.8. The van der Waals surface area contributed by atoms with Gasteiger partial charge in [-0.1, -0.05) is 29.8 Å². The van der Waals surface area contributed by atoms with Gasteiger partial charge in [-0.05, 0) is 25.8 Å². The van der Waals surface area contributed by atoms with Crippen molar-refractivity contribution >= 4 is 0 Å². The number of rotatable bonds is 2. The summed E-state index contributed by atoms with van der Waals surface area (Å²) in [5, 5.41) is 0. The minimum atomic E-state index is -5.34. The first kappa shape index (κ1) is 14.9. The molecule has 1 rings (SSSR count). The van der Waals surface area contributed by atoms with Gasteiger partial charge in [0.25, 0.3) is 0 Å². The average molecular weight is 270 g/mol. The minimum Gasteiger partial charge on any atom is -0.170 e. The van der Waals surface area contributed by atoms with Crippen molar-refractivity contribution in [2.45, 2.75) is 32.6 Å². The second-order valence-corrected chi connectivity index (χ2v) is 4.49. The lowest BCUT2D eigenvalue weighted by atomic mass is 9.82. The molecule has 0 saturated heterocycles. The number of benzene rings is 1. The fraction of sp³-hybridized carbons (Fsp3) is 0.500. The van der Waals surface area contributed by atoms with E-state index in [-0.39, 0.29) is 12.5 Å². The molecule has 0 aromatic heterocycles. The fourth-order valence-electron chi connectivity index (χ4n) is 1.48. The Labute approximate surface area is 101 Å². The fourth-order valence-corrected chi connectivity index (χ4v) is 1.48. The molecule has 18 heavy (non-hydrogen) atoms. The van der Waals surface area contributed by atoms with Gasteiger partial charge in [-0.3, -0.25) is 0 Å². The minimum absolute atomic E-state index is 0.0118. The van der Waals surface area contributed by atoms with Crippen LogP contribution in [-0.4, -0.2) is 12.4 Å². The van der Waals surface area contributed by atoms with E-state index in [0.29, 0.717) is 0 Å². The van der Waals surface area contributed by atoms with Crippen LogP contribution in [0.2, 0.25) is 0 Å². The van der Waals surface area contributed by atoms with Crippen LogP contribution >= 0.6 is 0 Å². The van der Waals surface area contributed by atoms with E-state index >= 15 is 0 Å². The van der Waals surface area contributed by atoms with Crippen molar-refractivity contribution in [3.05, 3.63) is 35.4 Å². The van der Waals surface area contributed by atoms with Gasteiger partial charge >= 0.3 is 12.4 Å². The SMILES string of the molecule is Cc1ccc(CC(C)(C(F)(F)F)C(F)(F)F)cc1. The molecule has 0 aliphatic rings. The highest BCUT2D eigenvalue weighted by Gasteiger charge is 2.67. The van der Waals surface area contributed by atoms with Crippen LogP contribution < -0.4 is 0 Å². The number of hydrogen-bond donors (Lipinski definition) is 0. The molecule has 0 heterocycles. The normalized spacial score (nSPS) is 13.8. The summed E-state index contributed by atoms with van der Waals surface area (Å²) >= 11 is 0. The van der Waals surface area contributed by atoms with E-state index < -0.39 is 24.2 Å². The van der Waals surface area contributed by atoms with E-state index in [2.05, 4.69) is 0 Å². The number of aryl methyl sites for hydroxylation is 1. The standard InChI is InChI=1S/C12H12F6/c1-8-3-5-9(6-4-8)7-10(2,11(13,14)15)12(16,17)18/h3-6H,7H2,1-2H3. The Bertz CT molecular complexity index is 384. The second kappa shape index (κ2) is 4.48. The molecule has 1 aromatic carbocycles. The third-order valence-corrected chi connectivity index (χ3v) is 2.93. The van der Waals surface area contributed by atoms with Crippen molar-refractivity contribution in [2.24, 2.45) is 5.41 Å². The maximum Gasteiger partial charge on any atom is 0.403 e. The van der Waals surface area contributed by atoms with E-state index in [0.717, 1.165) is 5.56 Å². The first-order chi connectivity index (χ1) is 7.97. The summed E-state index contributed by atoms with van der Waals surface area (Å²) in [7, 11) is 0. The molecule has 0 nitrogen and oxygen atoms in total. The zero-order chi connectivity index (χ0) is 14.2. The van der Waals surface area contributed by atoms with Gasteiger partial charge in [-0.25, -0.2) is 0 Å². The first-order valence-corrected chi connectivity index (χ1v) is 5.16. The molecule has 0 aliphatic carbocycles. The summed E-state index contributed by atoms with van der Waals surface area (Å²) in [6.45, 7) is 1.89. The van der Waals surface area contributed by atoms with Crippen molar-refractivity contribution < 1.29 is 26.3 Å². The highest BCUT2D eigenvalue weighted by molar-refractivity contribution is 5.23. The Morgan fingerprint density at radius 3 is 1.56 bits per heavy atom. The Morgan fingerprint density at radius 2 is 1.22 bits per heavy atom. The number of hydrogen-bond acceptors (Lipinski definition) is 0. The molecule has 6 heteroatoms. The summed E-state index contributed by atoms with van der Waals surface area (Å²) in [4.78, 5) is 0. The molecule has 0 bridgehead atoms. The van der Waals surface area contributed by atoms with Crippen LogP contribution in [0, 0.1) is 12.3 Å². The molecule has 0 atom stereocenters. The van der Waals surface area contributed by atoms with Crippen molar-refractivity contribution in [3.8, 4) is 0 Å². The van der Waals surface area contributed by atoms with Crippen LogP contribution in [0.3, 0.4) is 0 Å². The third kappa shape index (κ3) is 2.79. The van der Waals surface area contributed by atoms with Crippen LogP contribution in [0.4, 0.5) is 26.3 Å². The number of alkyl halides is 6. The summed E-state index contributed by atoms with van der Waals surface area (Å²) in [6, 6.07) is 5.54. The van der Waals surface area contributed by atoms with Crippen LogP contribution in [0.15, 0.2) is 24.3 Å². The molecular formula is C12H12F6. The molecule has 0 radical (unpaired) electrons. The molecule has 102 valence electrons. The zero-order valence-corrected chi connectivity index (χ0v) is 9.78. The maximum absolute atomic E-state index is 12.6. The van der Waals surface area contributed by atoms with E-state index in [1.54, 1.807) is 6.92 Å². The predicted molar refractivity (Wildman–Crippen MR) is 55.1 cm³/mol. The van der Waals surface area contributed by atoms with Crippen LogP contribution in [0.1, 0.15) is 18.1 Å². The van der Waals surface area contributed by atoms with Gasteiger partial charge in [0, 0.05) is 0 Å². The monoisotopic (exact) mass is 270 g/mol. The topological polar surface area (TPSA) is 0 Å². The largest absolute Gasteiger partial charge is 0.403 e. The van der Waals surface area contributed by atoms with Crippen molar-refractivity contribution in [1.82, 2.24) is 0 Å². The smallest absolute Gasteiger partial charge is 0.170 e. The highest BCUT2D eigenvalue weighted by atomic mass is 19.4. The lowest BCUT2D eigenvalue weighted by molar-refractivity contribution is -0.334. The maximum atomic E-state index is 12.6. The second-order valence-electron chi connectivity index (χ2n) is 4.49. The van der Waals surface area contributed by atoms with Gasteiger partial charge in [-0.2, -0.15) is 26.3 Å². The van der Waals surface area contributed by atoms with Gasteiger partial charge < -0.3 is 0 Å². The van der Waals surface area contributed by atoms with E-state index in [9.17, 15) is 26.3 Å². The molecule has 0 amide bonds. The molecule has 0 N–H and O–H groups in total. The Kier molecular flexibility index (Phi) is 3.70. The molecule has 0 fully saturated rings. The molecule has 0 spiro atoms. The van der Waals surface area contributed by atoms with E-state index in [4.69, 9.17) is 0 Å². The van der Waals surface area contributed by atoms with E-state index in [1.807, 2.05) is 0 Å². The van der Waals surface area contributed by atoms with Gasteiger partial charge in [0.15, 0.2) is 5.41 Å². The lowest BCUT2D eigenvalue weighted by Crippen LogP contribution is -2.49. The molecule has 0 aliphatic heterocycles. The number of halogens is 6. The predicted octanol–water partition coefficient (Wildman–Crippen LogP) is 4.67. The van der Waals surface area contributed by atoms with Crippen molar-refractivity contribution in [1.29, 1.82) is 0 Å². The summed E-state index contributed by atoms with van der Waals surface area (Å²) < 4.78 is 75.9. The molecule has 0 unspecified atom stereocenters. The summed E-state index contributed by atoms with van der Waals surface area (Å²) in [5.41, 5.74) is -2.94. The summed E-state index contributed by atoms with van der Waals surface area (Å²) in [5.74, 6) is 0. The van der Waals surface area contributed by atoms with Crippen LogP contribution in [-0.2, 0) is 6.42 Å².